The summed E-state index contributed by atoms with van der Waals surface area (Å²) >= 11 is 0. The van der Waals surface area contributed by atoms with Gasteiger partial charge in [0.1, 0.15) is 6.10 Å². The van der Waals surface area contributed by atoms with Gasteiger partial charge in [0.05, 0.1) is 6.54 Å². The van der Waals surface area contributed by atoms with Crippen LogP contribution in [0.25, 0.3) is 0 Å². The van der Waals surface area contributed by atoms with Crippen LogP contribution in [0.4, 0.5) is 0 Å². The van der Waals surface area contributed by atoms with Gasteiger partial charge in [-0.1, -0.05) is 11.6 Å². The first kappa shape index (κ1) is 16.9. The first-order chi connectivity index (χ1) is 11.7. The van der Waals surface area contributed by atoms with Crippen molar-refractivity contribution in [3.8, 4) is 0 Å². The molecule has 132 valence electrons. The van der Waals surface area contributed by atoms with E-state index >= 15 is 0 Å². The maximum absolute atomic E-state index is 12.0. The van der Waals surface area contributed by atoms with Gasteiger partial charge in [-0.2, -0.15) is 4.98 Å². The van der Waals surface area contributed by atoms with Crippen LogP contribution in [-0.4, -0.2) is 53.1 Å². The summed E-state index contributed by atoms with van der Waals surface area (Å²) in [4.78, 5) is 29.8. The number of amides is 2. The first-order valence-electron chi connectivity index (χ1n) is 8.71. The molecule has 3 rings (SSSR count). The number of carbonyl (C=O) groups excluding carboxylic acids is 2. The number of nitrogens with one attached hydrogen (secondary N) is 1. The molecule has 0 bridgehead atoms. The molecule has 24 heavy (non-hydrogen) atoms. The van der Waals surface area contributed by atoms with Crippen LogP contribution in [0.2, 0.25) is 0 Å². The summed E-state index contributed by atoms with van der Waals surface area (Å²) in [7, 11) is 0. The molecule has 2 aliphatic rings. The first-order valence-corrected chi connectivity index (χ1v) is 8.71. The molecule has 2 aliphatic heterocycles. The predicted molar refractivity (Wildman–Crippen MR) is 84.0 cm³/mol. The maximum atomic E-state index is 12.0. The summed E-state index contributed by atoms with van der Waals surface area (Å²) in [5.41, 5.74) is 0. The van der Waals surface area contributed by atoms with E-state index in [0.717, 1.165) is 38.7 Å². The highest BCUT2D eigenvalue weighted by atomic mass is 16.5. The number of likely N-dealkylation sites (tertiary alicyclic amines) is 1. The fourth-order valence-electron chi connectivity index (χ4n) is 3.02. The number of hydrogen-bond acceptors (Lipinski definition) is 6. The van der Waals surface area contributed by atoms with E-state index in [2.05, 4.69) is 15.5 Å². The van der Waals surface area contributed by atoms with E-state index in [1.165, 1.54) is 0 Å². The molecule has 8 heteroatoms. The third-order valence-corrected chi connectivity index (χ3v) is 4.37. The molecule has 2 amide bonds. The Balaban J connectivity index is 1.39. The van der Waals surface area contributed by atoms with E-state index in [1.807, 2.05) is 0 Å². The summed E-state index contributed by atoms with van der Waals surface area (Å²) < 4.78 is 10.7. The lowest BCUT2D eigenvalue weighted by atomic mass is 10.2. The lowest BCUT2D eigenvalue weighted by molar-refractivity contribution is -0.135. The van der Waals surface area contributed by atoms with E-state index < -0.39 is 0 Å². The van der Waals surface area contributed by atoms with Gasteiger partial charge in [-0.05, 0) is 25.7 Å². The summed E-state index contributed by atoms with van der Waals surface area (Å²) in [5.74, 6) is 1.01. The molecule has 1 unspecified atom stereocenters. The van der Waals surface area contributed by atoms with Gasteiger partial charge in [0.15, 0.2) is 5.82 Å². The molecule has 0 aromatic carbocycles. The Morgan fingerprint density at radius 1 is 1.29 bits per heavy atom. The van der Waals surface area contributed by atoms with Crippen molar-refractivity contribution in [1.82, 2.24) is 20.4 Å². The molecule has 0 saturated carbocycles. The fraction of sp³-hybridized carbons (Fsp3) is 0.750. The van der Waals surface area contributed by atoms with Crippen molar-refractivity contribution in [3.63, 3.8) is 0 Å². The van der Waals surface area contributed by atoms with E-state index in [0.29, 0.717) is 37.6 Å². The molecular weight excluding hydrogens is 312 g/mol. The van der Waals surface area contributed by atoms with Crippen LogP contribution in [0.15, 0.2) is 4.52 Å². The van der Waals surface area contributed by atoms with Gasteiger partial charge >= 0.3 is 0 Å². The van der Waals surface area contributed by atoms with Gasteiger partial charge in [0.2, 0.25) is 11.8 Å². The fourth-order valence-corrected chi connectivity index (χ4v) is 3.02. The zero-order valence-electron chi connectivity index (χ0n) is 13.8. The molecule has 2 fully saturated rings. The third-order valence-electron chi connectivity index (χ3n) is 4.37. The van der Waals surface area contributed by atoms with Gasteiger partial charge in [-0.3, -0.25) is 9.59 Å². The van der Waals surface area contributed by atoms with Crippen molar-refractivity contribution in [2.75, 3.05) is 26.2 Å². The lowest BCUT2D eigenvalue weighted by Gasteiger charge is -2.19. The van der Waals surface area contributed by atoms with Crippen LogP contribution in [0.3, 0.4) is 0 Å². The lowest BCUT2D eigenvalue weighted by Crippen LogP contribution is -2.41. The minimum absolute atomic E-state index is 0.0713. The molecule has 1 N–H and O–H groups in total. The average Bonchev–Trinajstić information content (AvgIpc) is 3.21. The number of aromatic nitrogens is 2. The number of hydrogen-bond donors (Lipinski definition) is 1. The zero-order chi connectivity index (χ0) is 16.8. The van der Waals surface area contributed by atoms with E-state index in [1.54, 1.807) is 4.90 Å². The second-order valence-corrected chi connectivity index (χ2v) is 6.28. The smallest absolute Gasteiger partial charge is 0.255 e. The van der Waals surface area contributed by atoms with Crippen LogP contribution in [0.5, 0.6) is 0 Å². The molecule has 3 heterocycles. The van der Waals surface area contributed by atoms with Crippen molar-refractivity contribution >= 4 is 11.8 Å². The van der Waals surface area contributed by atoms with Gasteiger partial charge in [-0.25, -0.2) is 0 Å². The Morgan fingerprint density at radius 3 is 3.04 bits per heavy atom. The second-order valence-electron chi connectivity index (χ2n) is 6.28. The standard InChI is InChI=1S/C16H24N4O4/c21-14(11-20-9-3-1-2-6-15(20)22)17-8-7-13-18-16(24-19-13)12-5-4-10-23-12/h12H,1-11H2,(H,17,21). The molecule has 1 aromatic rings. The van der Waals surface area contributed by atoms with Gasteiger partial charge < -0.3 is 19.5 Å². The highest BCUT2D eigenvalue weighted by Crippen LogP contribution is 2.26. The van der Waals surface area contributed by atoms with Crippen LogP contribution < -0.4 is 5.32 Å². The van der Waals surface area contributed by atoms with Crippen molar-refractivity contribution in [2.24, 2.45) is 0 Å². The third kappa shape index (κ3) is 4.53. The minimum atomic E-state index is -0.145. The van der Waals surface area contributed by atoms with Crippen LogP contribution >= 0.6 is 0 Å². The Bertz CT molecular complexity index is 568. The summed E-state index contributed by atoms with van der Waals surface area (Å²) in [6.07, 6.45) is 5.80. The highest BCUT2D eigenvalue weighted by molar-refractivity contribution is 5.84. The largest absolute Gasteiger partial charge is 0.368 e. The minimum Gasteiger partial charge on any atom is -0.368 e. The monoisotopic (exact) mass is 336 g/mol. The van der Waals surface area contributed by atoms with E-state index in [9.17, 15) is 9.59 Å². The SMILES string of the molecule is O=C(CN1CCCCCC1=O)NCCc1noc(C2CCCO2)n1. The molecule has 2 saturated heterocycles. The maximum Gasteiger partial charge on any atom is 0.255 e. The van der Waals surface area contributed by atoms with E-state index in [4.69, 9.17) is 9.26 Å². The van der Waals surface area contributed by atoms with Crippen molar-refractivity contribution < 1.29 is 18.8 Å². The van der Waals surface area contributed by atoms with Gasteiger partial charge in [0, 0.05) is 32.5 Å². The van der Waals surface area contributed by atoms with Crippen molar-refractivity contribution in [2.45, 2.75) is 51.0 Å². The van der Waals surface area contributed by atoms with Crippen molar-refractivity contribution in [1.29, 1.82) is 0 Å². The normalized spacial score (nSPS) is 21.8. The molecule has 1 atom stereocenters. The molecule has 0 aliphatic carbocycles. The topological polar surface area (TPSA) is 97.6 Å². The quantitative estimate of drug-likeness (QED) is 0.832. The van der Waals surface area contributed by atoms with Crippen molar-refractivity contribution in [3.05, 3.63) is 11.7 Å². The Morgan fingerprint density at radius 2 is 2.21 bits per heavy atom. The van der Waals surface area contributed by atoms with E-state index in [-0.39, 0.29) is 24.5 Å². The number of ether oxygens (including phenoxy) is 1. The van der Waals surface area contributed by atoms with Gasteiger partial charge in [0.25, 0.3) is 5.89 Å². The summed E-state index contributed by atoms with van der Waals surface area (Å²) in [6, 6.07) is 0. The van der Waals surface area contributed by atoms with Crippen LogP contribution in [0.1, 0.15) is 56.3 Å². The highest BCUT2D eigenvalue weighted by Gasteiger charge is 2.24. The summed E-state index contributed by atoms with van der Waals surface area (Å²) in [5, 5.41) is 6.73. The number of rotatable bonds is 6. The molecular formula is C16H24N4O4. The van der Waals surface area contributed by atoms with Crippen LogP contribution in [0, 0.1) is 0 Å². The Labute approximate surface area is 140 Å². The van der Waals surface area contributed by atoms with Gasteiger partial charge in [-0.15, -0.1) is 0 Å². The number of carbonyl (C=O) groups is 2. The summed E-state index contributed by atoms with van der Waals surface area (Å²) in [6.45, 7) is 1.95. The molecule has 1 aromatic heterocycles. The number of nitrogens with zero attached hydrogens (tertiary/aromatic N) is 3. The predicted octanol–water partition coefficient (Wildman–Crippen LogP) is 0.982. The Hall–Kier alpha value is -1.96. The molecule has 8 nitrogen and oxygen atoms in total. The molecule has 0 spiro atoms. The molecule has 0 radical (unpaired) electrons. The average molecular weight is 336 g/mol. The van der Waals surface area contributed by atoms with Crippen LogP contribution in [-0.2, 0) is 20.7 Å². The Kier molecular flexibility index (Phi) is 5.79. The second kappa shape index (κ2) is 8.23. The zero-order valence-corrected chi connectivity index (χ0v) is 13.8.